The third kappa shape index (κ3) is 5.06. The van der Waals surface area contributed by atoms with Gasteiger partial charge >= 0.3 is 0 Å². The fourth-order valence-electron chi connectivity index (χ4n) is 3.38. The normalized spacial score (nSPS) is 28.2. The Morgan fingerprint density at radius 2 is 1.75 bits per heavy atom. The topological polar surface area (TPSA) is 64.4 Å². The molecule has 0 aromatic carbocycles. The van der Waals surface area contributed by atoms with Gasteiger partial charge in [0.15, 0.2) is 0 Å². The molecule has 0 saturated heterocycles. The van der Waals surface area contributed by atoms with Gasteiger partial charge in [0.2, 0.25) is 5.91 Å². The highest BCUT2D eigenvalue weighted by Crippen LogP contribution is 2.23. The molecule has 4 nitrogen and oxygen atoms in total. The monoisotopic (exact) mass is 282 g/mol. The van der Waals surface area contributed by atoms with Crippen molar-refractivity contribution in [3.8, 4) is 0 Å². The number of hydrogen-bond donors (Lipinski definition) is 2. The van der Waals surface area contributed by atoms with Crippen LogP contribution in [0.15, 0.2) is 0 Å². The maximum Gasteiger partial charge on any atom is 0.224 e. The molecule has 116 valence electrons. The Morgan fingerprint density at radius 1 is 1.05 bits per heavy atom. The minimum atomic E-state index is 0.0306. The molecule has 0 aromatic heterocycles. The molecular formula is C16H30N2O2. The molecule has 2 atom stereocenters. The number of carbonyl (C=O) groups is 1. The zero-order valence-corrected chi connectivity index (χ0v) is 12.6. The number of amides is 1. The van der Waals surface area contributed by atoms with Crippen molar-refractivity contribution in [1.82, 2.24) is 5.32 Å². The third-order valence-electron chi connectivity index (χ3n) is 4.68. The molecule has 2 saturated carbocycles. The first-order chi connectivity index (χ1) is 9.77. The van der Waals surface area contributed by atoms with E-state index < -0.39 is 0 Å². The molecule has 4 heteroatoms. The molecule has 0 spiro atoms. The molecule has 0 heterocycles. The van der Waals surface area contributed by atoms with Crippen LogP contribution in [0.3, 0.4) is 0 Å². The predicted molar refractivity (Wildman–Crippen MR) is 80.4 cm³/mol. The summed E-state index contributed by atoms with van der Waals surface area (Å²) in [6.45, 7) is 1.48. The Hall–Kier alpha value is -0.610. The van der Waals surface area contributed by atoms with E-state index in [1.165, 1.54) is 38.5 Å². The summed E-state index contributed by atoms with van der Waals surface area (Å²) >= 11 is 0. The van der Waals surface area contributed by atoms with E-state index >= 15 is 0 Å². The van der Waals surface area contributed by atoms with Crippen LogP contribution in [0.1, 0.15) is 64.2 Å². The van der Waals surface area contributed by atoms with E-state index in [1.807, 2.05) is 0 Å². The Kier molecular flexibility index (Phi) is 6.80. The summed E-state index contributed by atoms with van der Waals surface area (Å²) in [5, 5.41) is 3.02. The molecular weight excluding hydrogens is 252 g/mol. The van der Waals surface area contributed by atoms with Gasteiger partial charge in [-0.2, -0.15) is 0 Å². The van der Waals surface area contributed by atoms with Crippen LogP contribution in [0.2, 0.25) is 0 Å². The van der Waals surface area contributed by atoms with E-state index in [1.54, 1.807) is 0 Å². The van der Waals surface area contributed by atoms with Gasteiger partial charge in [-0.15, -0.1) is 0 Å². The number of hydrogen-bond acceptors (Lipinski definition) is 3. The van der Waals surface area contributed by atoms with E-state index in [2.05, 4.69) is 5.32 Å². The molecule has 20 heavy (non-hydrogen) atoms. The lowest BCUT2D eigenvalue weighted by Crippen LogP contribution is -2.44. The van der Waals surface area contributed by atoms with Gasteiger partial charge in [0.25, 0.3) is 0 Å². The SMILES string of the molecule is NC1CCCCC1C(=O)NCCCOC1CCCCC1. The fourth-order valence-corrected chi connectivity index (χ4v) is 3.38. The van der Waals surface area contributed by atoms with E-state index in [0.717, 1.165) is 38.8 Å². The number of carbonyl (C=O) groups excluding carboxylic acids is 1. The van der Waals surface area contributed by atoms with Crippen molar-refractivity contribution in [2.75, 3.05) is 13.2 Å². The van der Waals surface area contributed by atoms with Crippen LogP contribution in [-0.2, 0) is 9.53 Å². The smallest absolute Gasteiger partial charge is 0.224 e. The van der Waals surface area contributed by atoms with Crippen LogP contribution >= 0.6 is 0 Å². The average Bonchev–Trinajstić information content (AvgIpc) is 2.48. The molecule has 3 N–H and O–H groups in total. The Labute approximate surface area is 122 Å². The van der Waals surface area contributed by atoms with Crippen molar-refractivity contribution < 1.29 is 9.53 Å². The van der Waals surface area contributed by atoms with Crippen LogP contribution < -0.4 is 11.1 Å². The first kappa shape index (κ1) is 15.8. The quantitative estimate of drug-likeness (QED) is 0.735. The summed E-state index contributed by atoms with van der Waals surface area (Å²) in [6, 6.07) is 0.0576. The Morgan fingerprint density at radius 3 is 2.50 bits per heavy atom. The molecule has 2 fully saturated rings. The summed E-state index contributed by atoms with van der Waals surface area (Å²) < 4.78 is 5.86. The summed E-state index contributed by atoms with van der Waals surface area (Å²) in [4.78, 5) is 12.0. The molecule has 1 amide bonds. The second-order valence-electron chi connectivity index (χ2n) is 6.33. The minimum absolute atomic E-state index is 0.0306. The highest BCUT2D eigenvalue weighted by atomic mass is 16.5. The van der Waals surface area contributed by atoms with E-state index in [-0.39, 0.29) is 17.9 Å². The van der Waals surface area contributed by atoms with Crippen molar-refractivity contribution in [3.63, 3.8) is 0 Å². The summed E-state index contributed by atoms with van der Waals surface area (Å²) in [5.74, 6) is 0.179. The van der Waals surface area contributed by atoms with Gasteiger partial charge in [0, 0.05) is 19.2 Å². The highest BCUT2D eigenvalue weighted by molar-refractivity contribution is 5.79. The molecule has 0 radical (unpaired) electrons. The van der Waals surface area contributed by atoms with Crippen LogP contribution in [0, 0.1) is 5.92 Å². The molecule has 2 aliphatic carbocycles. The maximum atomic E-state index is 12.0. The first-order valence-corrected chi connectivity index (χ1v) is 8.42. The standard InChI is InChI=1S/C16H30N2O2/c17-15-10-5-4-9-14(15)16(19)18-11-6-12-20-13-7-2-1-3-8-13/h13-15H,1-12,17H2,(H,18,19). The van der Waals surface area contributed by atoms with Gasteiger partial charge in [0.05, 0.1) is 12.0 Å². The molecule has 0 aromatic rings. The van der Waals surface area contributed by atoms with Gasteiger partial charge in [-0.05, 0) is 32.1 Å². The van der Waals surface area contributed by atoms with E-state index in [9.17, 15) is 4.79 Å². The lowest BCUT2D eigenvalue weighted by Gasteiger charge is -2.27. The average molecular weight is 282 g/mol. The van der Waals surface area contributed by atoms with Crippen molar-refractivity contribution in [3.05, 3.63) is 0 Å². The summed E-state index contributed by atoms with van der Waals surface area (Å²) in [6.07, 6.45) is 12.0. The first-order valence-electron chi connectivity index (χ1n) is 8.42. The molecule has 0 aliphatic heterocycles. The summed E-state index contributed by atoms with van der Waals surface area (Å²) in [7, 11) is 0. The van der Waals surface area contributed by atoms with Gasteiger partial charge < -0.3 is 15.8 Å². The molecule has 0 bridgehead atoms. The second kappa shape index (κ2) is 8.63. The van der Waals surface area contributed by atoms with Gasteiger partial charge in [0.1, 0.15) is 0 Å². The van der Waals surface area contributed by atoms with Crippen molar-refractivity contribution in [1.29, 1.82) is 0 Å². The van der Waals surface area contributed by atoms with Crippen LogP contribution in [0.25, 0.3) is 0 Å². The molecule has 2 rings (SSSR count). The summed E-state index contributed by atoms with van der Waals surface area (Å²) in [5.41, 5.74) is 6.02. The lowest BCUT2D eigenvalue weighted by atomic mass is 9.84. The van der Waals surface area contributed by atoms with Crippen molar-refractivity contribution in [2.24, 2.45) is 11.7 Å². The zero-order chi connectivity index (χ0) is 14.2. The second-order valence-corrected chi connectivity index (χ2v) is 6.33. The van der Waals surface area contributed by atoms with Crippen LogP contribution in [0.5, 0.6) is 0 Å². The fraction of sp³-hybridized carbons (Fsp3) is 0.938. The number of ether oxygens (including phenoxy) is 1. The van der Waals surface area contributed by atoms with Gasteiger partial charge in [-0.25, -0.2) is 0 Å². The lowest BCUT2D eigenvalue weighted by molar-refractivity contribution is -0.126. The van der Waals surface area contributed by atoms with Crippen LogP contribution in [0.4, 0.5) is 0 Å². The number of nitrogens with two attached hydrogens (primary N) is 1. The van der Waals surface area contributed by atoms with E-state index in [0.29, 0.717) is 6.10 Å². The van der Waals surface area contributed by atoms with Crippen molar-refractivity contribution >= 4 is 5.91 Å². The minimum Gasteiger partial charge on any atom is -0.378 e. The van der Waals surface area contributed by atoms with Gasteiger partial charge in [-0.3, -0.25) is 4.79 Å². The van der Waals surface area contributed by atoms with Crippen molar-refractivity contribution in [2.45, 2.75) is 76.4 Å². The Bertz CT molecular complexity index is 290. The van der Waals surface area contributed by atoms with Crippen LogP contribution in [-0.4, -0.2) is 31.2 Å². The Balaban J connectivity index is 1.52. The largest absolute Gasteiger partial charge is 0.378 e. The highest BCUT2D eigenvalue weighted by Gasteiger charge is 2.27. The number of rotatable bonds is 6. The molecule has 2 aliphatic rings. The zero-order valence-electron chi connectivity index (χ0n) is 12.6. The predicted octanol–water partition coefficient (Wildman–Crippen LogP) is 2.36. The van der Waals surface area contributed by atoms with Gasteiger partial charge in [-0.1, -0.05) is 32.1 Å². The van der Waals surface area contributed by atoms with E-state index in [4.69, 9.17) is 10.5 Å². The maximum absolute atomic E-state index is 12.0. The third-order valence-corrected chi connectivity index (χ3v) is 4.68. The number of nitrogens with one attached hydrogen (secondary N) is 1. The molecule has 2 unspecified atom stereocenters.